The molecule has 1 N–H and O–H groups in total. The third-order valence-corrected chi connectivity index (χ3v) is 4.55. The predicted octanol–water partition coefficient (Wildman–Crippen LogP) is 2.17. The van der Waals surface area contributed by atoms with Gasteiger partial charge in [0, 0.05) is 38.3 Å². The Kier molecular flexibility index (Phi) is 3.39. The van der Waals surface area contributed by atoms with Crippen LogP contribution in [-0.2, 0) is 25.9 Å². The number of nitrogens with zero attached hydrogens (tertiary/aromatic N) is 2. The minimum atomic E-state index is 0.712. The Morgan fingerprint density at radius 2 is 2.33 bits per heavy atom. The fourth-order valence-corrected chi connectivity index (χ4v) is 3.37. The summed E-state index contributed by atoms with van der Waals surface area (Å²) in [5.74, 6) is 3.02. The first-order valence-corrected chi connectivity index (χ1v) is 7.84. The molecular weight excluding hydrogens is 262 g/mol. The number of aryl methyl sites for hydroxylation is 1. The molecule has 1 atom stereocenters. The van der Waals surface area contributed by atoms with E-state index in [1.807, 2.05) is 6.20 Å². The number of rotatable bonds is 4. The second-order valence-corrected chi connectivity index (χ2v) is 6.07. The Hall–Kier alpha value is -1.81. The van der Waals surface area contributed by atoms with E-state index < -0.39 is 0 Å². The molecule has 3 heterocycles. The van der Waals surface area contributed by atoms with Crippen molar-refractivity contribution in [2.75, 3.05) is 13.2 Å². The Bertz CT molecular complexity index is 635. The summed E-state index contributed by atoms with van der Waals surface area (Å²) in [5, 5.41) is 3.61. The van der Waals surface area contributed by atoms with Crippen LogP contribution < -0.4 is 10.1 Å². The summed E-state index contributed by atoms with van der Waals surface area (Å²) in [4.78, 5) is 4.38. The predicted molar refractivity (Wildman–Crippen MR) is 81.4 cm³/mol. The third kappa shape index (κ3) is 2.68. The zero-order chi connectivity index (χ0) is 14.1. The van der Waals surface area contributed by atoms with Crippen LogP contribution in [-0.4, -0.2) is 22.7 Å². The number of nitrogens with one attached hydrogen (secondary N) is 1. The van der Waals surface area contributed by atoms with Gasteiger partial charge in [0.25, 0.3) is 0 Å². The average molecular weight is 283 g/mol. The van der Waals surface area contributed by atoms with E-state index in [1.54, 1.807) is 0 Å². The summed E-state index contributed by atoms with van der Waals surface area (Å²) in [6.45, 7) is 3.95. The van der Waals surface area contributed by atoms with Crippen molar-refractivity contribution in [3.05, 3.63) is 47.5 Å². The standard InChI is InChI=1S/C17H21N3O/c1-3-16-15(5-8-21-16)9-13(1)10-18-11-14-2-4-17-19-6-7-20(17)12-14/h1,3,6-7,9,14,18H,2,4-5,8,10-12H2/t14-/m0/s1. The van der Waals surface area contributed by atoms with Crippen LogP contribution in [0.25, 0.3) is 0 Å². The van der Waals surface area contributed by atoms with Gasteiger partial charge in [0.05, 0.1) is 6.61 Å². The van der Waals surface area contributed by atoms with Crippen molar-refractivity contribution in [1.82, 2.24) is 14.9 Å². The second-order valence-electron chi connectivity index (χ2n) is 6.07. The second kappa shape index (κ2) is 5.53. The minimum Gasteiger partial charge on any atom is -0.493 e. The molecule has 4 nitrogen and oxygen atoms in total. The topological polar surface area (TPSA) is 39.1 Å². The minimum absolute atomic E-state index is 0.712. The van der Waals surface area contributed by atoms with E-state index in [9.17, 15) is 0 Å². The van der Waals surface area contributed by atoms with Crippen molar-refractivity contribution in [2.45, 2.75) is 32.4 Å². The van der Waals surface area contributed by atoms with Gasteiger partial charge in [-0.25, -0.2) is 4.98 Å². The maximum absolute atomic E-state index is 5.55. The maximum atomic E-state index is 5.55. The van der Waals surface area contributed by atoms with Crippen LogP contribution in [0.1, 0.15) is 23.4 Å². The molecule has 2 aliphatic heterocycles. The largest absolute Gasteiger partial charge is 0.493 e. The highest BCUT2D eigenvalue weighted by atomic mass is 16.5. The van der Waals surface area contributed by atoms with Crippen molar-refractivity contribution in [3.8, 4) is 5.75 Å². The lowest BCUT2D eigenvalue weighted by Crippen LogP contribution is -2.29. The van der Waals surface area contributed by atoms with Gasteiger partial charge in [-0.2, -0.15) is 0 Å². The van der Waals surface area contributed by atoms with E-state index in [1.165, 1.54) is 23.4 Å². The summed E-state index contributed by atoms with van der Waals surface area (Å²) in [6.07, 6.45) is 7.41. The highest BCUT2D eigenvalue weighted by molar-refractivity contribution is 5.39. The Labute approximate surface area is 125 Å². The number of fused-ring (bicyclic) bond motifs is 2. The van der Waals surface area contributed by atoms with Crippen LogP contribution >= 0.6 is 0 Å². The number of imidazole rings is 1. The molecule has 0 unspecified atom stereocenters. The summed E-state index contributed by atoms with van der Waals surface area (Å²) in [5.41, 5.74) is 2.72. The normalized spacial score (nSPS) is 19.9. The lowest BCUT2D eigenvalue weighted by molar-refractivity contribution is 0.347. The van der Waals surface area contributed by atoms with E-state index in [2.05, 4.69) is 39.3 Å². The van der Waals surface area contributed by atoms with Crippen LogP contribution in [0.4, 0.5) is 0 Å². The fourth-order valence-electron chi connectivity index (χ4n) is 3.37. The molecule has 4 rings (SSSR count). The molecule has 1 aromatic carbocycles. The Morgan fingerprint density at radius 3 is 3.33 bits per heavy atom. The van der Waals surface area contributed by atoms with Crippen molar-refractivity contribution in [1.29, 1.82) is 0 Å². The highest BCUT2D eigenvalue weighted by Crippen LogP contribution is 2.25. The molecule has 0 saturated heterocycles. The van der Waals surface area contributed by atoms with Gasteiger partial charge in [0.2, 0.25) is 0 Å². The molecule has 0 radical (unpaired) electrons. The molecule has 0 aliphatic carbocycles. The van der Waals surface area contributed by atoms with Crippen molar-refractivity contribution < 1.29 is 4.74 Å². The van der Waals surface area contributed by atoms with Gasteiger partial charge in [0.15, 0.2) is 0 Å². The first kappa shape index (κ1) is 12.9. The molecular formula is C17H21N3O. The zero-order valence-electron chi connectivity index (χ0n) is 12.2. The molecule has 21 heavy (non-hydrogen) atoms. The van der Waals surface area contributed by atoms with Gasteiger partial charge in [-0.15, -0.1) is 0 Å². The maximum Gasteiger partial charge on any atom is 0.122 e. The van der Waals surface area contributed by atoms with Gasteiger partial charge < -0.3 is 14.6 Å². The molecule has 4 heteroatoms. The lowest BCUT2D eigenvalue weighted by Gasteiger charge is -2.24. The quantitative estimate of drug-likeness (QED) is 0.934. The van der Waals surface area contributed by atoms with Gasteiger partial charge in [0.1, 0.15) is 11.6 Å². The molecule has 2 aromatic rings. The van der Waals surface area contributed by atoms with E-state index in [0.29, 0.717) is 5.92 Å². The number of ether oxygens (including phenoxy) is 1. The van der Waals surface area contributed by atoms with Crippen molar-refractivity contribution in [3.63, 3.8) is 0 Å². The third-order valence-electron chi connectivity index (χ3n) is 4.55. The highest BCUT2D eigenvalue weighted by Gasteiger charge is 2.18. The van der Waals surface area contributed by atoms with E-state index in [-0.39, 0.29) is 0 Å². The lowest BCUT2D eigenvalue weighted by atomic mass is 9.99. The SMILES string of the molecule is c1cn2c(n1)CC[C@@H](CNCc1ccc3c(c1)CCO3)C2. The summed E-state index contributed by atoms with van der Waals surface area (Å²) < 4.78 is 7.84. The number of aromatic nitrogens is 2. The van der Waals surface area contributed by atoms with E-state index in [4.69, 9.17) is 4.74 Å². The first-order valence-electron chi connectivity index (χ1n) is 7.84. The molecule has 2 aliphatic rings. The van der Waals surface area contributed by atoms with Crippen LogP contribution in [0.2, 0.25) is 0 Å². The fraction of sp³-hybridized carbons (Fsp3) is 0.471. The summed E-state index contributed by atoms with van der Waals surface area (Å²) in [6, 6.07) is 6.56. The van der Waals surface area contributed by atoms with Crippen LogP contribution in [0.3, 0.4) is 0 Å². The number of hydrogen-bond acceptors (Lipinski definition) is 3. The van der Waals surface area contributed by atoms with E-state index >= 15 is 0 Å². The average Bonchev–Trinajstić information content (AvgIpc) is 3.14. The van der Waals surface area contributed by atoms with E-state index in [0.717, 1.165) is 44.8 Å². The molecule has 0 fully saturated rings. The van der Waals surface area contributed by atoms with Crippen LogP contribution in [0, 0.1) is 5.92 Å². The zero-order valence-corrected chi connectivity index (χ0v) is 12.2. The molecule has 0 spiro atoms. The van der Waals surface area contributed by atoms with Crippen LogP contribution in [0.5, 0.6) is 5.75 Å². The number of benzene rings is 1. The smallest absolute Gasteiger partial charge is 0.122 e. The molecule has 0 bridgehead atoms. The summed E-state index contributed by atoms with van der Waals surface area (Å²) in [7, 11) is 0. The monoisotopic (exact) mass is 283 g/mol. The van der Waals surface area contributed by atoms with Gasteiger partial charge in [-0.1, -0.05) is 12.1 Å². The summed E-state index contributed by atoms with van der Waals surface area (Å²) >= 11 is 0. The molecule has 0 amide bonds. The first-order chi connectivity index (χ1) is 10.4. The van der Waals surface area contributed by atoms with Gasteiger partial charge >= 0.3 is 0 Å². The Morgan fingerprint density at radius 1 is 1.33 bits per heavy atom. The van der Waals surface area contributed by atoms with Gasteiger partial charge in [-0.05, 0) is 36.1 Å². The van der Waals surface area contributed by atoms with Crippen molar-refractivity contribution in [2.24, 2.45) is 5.92 Å². The molecule has 0 saturated carbocycles. The molecule has 110 valence electrons. The van der Waals surface area contributed by atoms with Crippen LogP contribution in [0.15, 0.2) is 30.6 Å². The van der Waals surface area contributed by atoms with Gasteiger partial charge in [-0.3, -0.25) is 0 Å². The molecule has 1 aromatic heterocycles. The Balaban J connectivity index is 1.30. The number of hydrogen-bond donors (Lipinski definition) is 1. The van der Waals surface area contributed by atoms with Crippen molar-refractivity contribution >= 4 is 0 Å².